The maximum absolute atomic E-state index is 13.0. The first-order valence-electron chi connectivity index (χ1n) is 12.3. The number of aliphatic hydroxyl groups excluding tert-OH is 1. The fraction of sp³-hybridized carbons (Fsp3) is 0.500. The number of carbonyl (C=O) groups is 1. The molecule has 9 nitrogen and oxygen atoms in total. The molecule has 1 N–H and O–H groups in total. The van der Waals surface area contributed by atoms with E-state index in [9.17, 15) is 19.5 Å². The minimum Gasteiger partial charge on any atom is -0.460 e. The molecule has 1 aromatic carbocycles. The van der Waals surface area contributed by atoms with Crippen LogP contribution < -0.4 is 11.2 Å². The van der Waals surface area contributed by atoms with Crippen LogP contribution in [0, 0.1) is 0 Å². The van der Waals surface area contributed by atoms with E-state index in [0.29, 0.717) is 41.6 Å². The van der Waals surface area contributed by atoms with Crippen LogP contribution in [0.1, 0.15) is 43.8 Å². The van der Waals surface area contributed by atoms with Crippen molar-refractivity contribution in [3.05, 3.63) is 69.0 Å². The summed E-state index contributed by atoms with van der Waals surface area (Å²) in [5.74, 6) is -0.597. The third kappa shape index (κ3) is 4.34. The Morgan fingerprint density at radius 2 is 1.74 bits per heavy atom. The van der Waals surface area contributed by atoms with Crippen LogP contribution in [0.3, 0.4) is 0 Å². The van der Waals surface area contributed by atoms with Crippen LogP contribution >= 0.6 is 0 Å². The van der Waals surface area contributed by atoms with E-state index < -0.39 is 12.1 Å². The molecule has 2 saturated heterocycles. The first-order valence-corrected chi connectivity index (χ1v) is 12.3. The van der Waals surface area contributed by atoms with Crippen molar-refractivity contribution in [2.24, 2.45) is 14.1 Å². The molecule has 9 heteroatoms. The number of esters is 1. The molecule has 2 aromatic heterocycles. The Morgan fingerprint density at radius 3 is 2.43 bits per heavy atom. The average molecular weight is 481 g/mol. The zero-order valence-electron chi connectivity index (χ0n) is 20.2. The Labute approximate surface area is 203 Å². The van der Waals surface area contributed by atoms with Crippen LogP contribution in [0.25, 0.3) is 11.0 Å². The topological polar surface area (TPSA) is 98.7 Å². The average Bonchev–Trinajstić information content (AvgIpc) is 3.35. The largest absolute Gasteiger partial charge is 0.460 e. The first-order chi connectivity index (χ1) is 16.8. The monoisotopic (exact) mass is 480 g/mol. The molecule has 0 aliphatic carbocycles. The van der Waals surface area contributed by atoms with Crippen molar-refractivity contribution < 1.29 is 14.6 Å². The number of aliphatic hydroxyl groups is 1. The number of hydrogen-bond donors (Lipinski definition) is 1. The van der Waals surface area contributed by atoms with Gasteiger partial charge in [-0.1, -0.05) is 30.3 Å². The third-order valence-corrected chi connectivity index (χ3v) is 7.64. The Morgan fingerprint density at radius 1 is 1.06 bits per heavy atom. The van der Waals surface area contributed by atoms with Crippen LogP contribution in [0.4, 0.5) is 0 Å². The molecule has 4 atom stereocenters. The SMILES string of the molecule is Cn1ccc2c1c(=O)n(CCCN1C3CC[C@@H]1CC(OC(=O)C(O)c1ccccc1)C3)c(=O)n2C. The van der Waals surface area contributed by atoms with E-state index >= 15 is 0 Å². The van der Waals surface area contributed by atoms with Gasteiger partial charge in [0, 0.05) is 58.3 Å². The smallest absolute Gasteiger partial charge is 0.339 e. The van der Waals surface area contributed by atoms with Crippen LogP contribution in [-0.4, -0.2) is 54.4 Å². The summed E-state index contributed by atoms with van der Waals surface area (Å²) in [6.07, 6.45) is 4.56. The zero-order valence-corrected chi connectivity index (χ0v) is 20.2. The predicted octanol–water partition coefficient (Wildman–Crippen LogP) is 1.70. The highest BCUT2D eigenvalue weighted by atomic mass is 16.6. The van der Waals surface area contributed by atoms with Gasteiger partial charge in [0.25, 0.3) is 5.56 Å². The Balaban J connectivity index is 1.20. The van der Waals surface area contributed by atoms with Crippen LogP contribution in [0.15, 0.2) is 52.2 Å². The van der Waals surface area contributed by atoms with Crippen molar-refractivity contribution in [3.8, 4) is 0 Å². The number of aromatic nitrogens is 3. The maximum atomic E-state index is 13.0. The second-order valence-electron chi connectivity index (χ2n) is 9.78. The van der Waals surface area contributed by atoms with Crippen molar-refractivity contribution >= 4 is 17.0 Å². The Hall–Kier alpha value is -3.17. The normalized spacial score (nSPS) is 23.0. The fourth-order valence-electron chi connectivity index (χ4n) is 5.84. The third-order valence-electron chi connectivity index (χ3n) is 7.64. The van der Waals surface area contributed by atoms with Gasteiger partial charge in [0.05, 0.1) is 5.52 Å². The molecule has 3 aromatic rings. The van der Waals surface area contributed by atoms with Crippen LogP contribution in [0.2, 0.25) is 0 Å². The summed E-state index contributed by atoms with van der Waals surface area (Å²) in [6.45, 7) is 1.15. The number of hydrogen-bond acceptors (Lipinski definition) is 6. The molecular formula is C26H32N4O5. The number of ether oxygens (including phenoxy) is 1. The highest BCUT2D eigenvalue weighted by Gasteiger charge is 2.42. The summed E-state index contributed by atoms with van der Waals surface area (Å²) in [4.78, 5) is 40.7. The lowest BCUT2D eigenvalue weighted by atomic mass is 9.99. The van der Waals surface area contributed by atoms with E-state index in [1.54, 1.807) is 48.1 Å². The van der Waals surface area contributed by atoms with Gasteiger partial charge in [-0.05, 0) is 30.9 Å². The molecule has 2 bridgehead atoms. The van der Waals surface area contributed by atoms with E-state index in [2.05, 4.69) is 4.90 Å². The summed E-state index contributed by atoms with van der Waals surface area (Å²) in [5, 5.41) is 10.3. The number of rotatable bonds is 7. The number of benzene rings is 1. The first kappa shape index (κ1) is 23.6. The number of nitrogens with zero attached hydrogens (tertiary/aromatic N) is 4. The van der Waals surface area contributed by atoms with Gasteiger partial charge in [0.2, 0.25) is 0 Å². The minimum absolute atomic E-state index is 0.204. The van der Waals surface area contributed by atoms with Crippen molar-refractivity contribution in [2.45, 2.75) is 62.9 Å². The van der Waals surface area contributed by atoms with Crippen molar-refractivity contribution in [1.29, 1.82) is 0 Å². The highest BCUT2D eigenvalue weighted by molar-refractivity contribution is 5.76. The molecule has 35 heavy (non-hydrogen) atoms. The number of piperidine rings is 1. The standard InChI is InChI=1S/C26H32N4O5/c1-27-14-11-21-22(27)24(32)30(26(34)28(21)2)13-6-12-29-18-9-10-19(29)16-20(15-18)35-25(33)23(31)17-7-4-3-5-8-17/h3-5,7-8,11,14,18-20,23,31H,6,9-10,12-13,15-16H2,1-2H3/t18-,19?,20?,23?/m1/s1. The van der Waals surface area contributed by atoms with Crippen molar-refractivity contribution in [2.75, 3.05) is 6.54 Å². The lowest BCUT2D eigenvalue weighted by molar-refractivity contribution is -0.163. The summed E-state index contributed by atoms with van der Waals surface area (Å²) in [5.41, 5.74) is 1.17. The Bertz CT molecular complexity index is 1330. The second kappa shape index (κ2) is 9.47. The Kier molecular flexibility index (Phi) is 6.37. The summed E-state index contributed by atoms with van der Waals surface area (Å²) in [7, 11) is 3.51. The minimum atomic E-state index is -1.27. The van der Waals surface area contributed by atoms with Crippen molar-refractivity contribution in [1.82, 2.24) is 18.6 Å². The van der Waals surface area contributed by atoms with Crippen LogP contribution in [0.5, 0.6) is 0 Å². The number of fused-ring (bicyclic) bond motifs is 3. The predicted molar refractivity (Wildman–Crippen MR) is 131 cm³/mol. The molecule has 2 aliphatic rings. The van der Waals surface area contributed by atoms with Gasteiger partial charge in [-0.25, -0.2) is 9.59 Å². The van der Waals surface area contributed by atoms with E-state index in [-0.39, 0.29) is 17.4 Å². The van der Waals surface area contributed by atoms with Gasteiger partial charge < -0.3 is 14.4 Å². The molecule has 2 aliphatic heterocycles. The molecule has 0 spiro atoms. The van der Waals surface area contributed by atoms with E-state index in [1.807, 2.05) is 13.1 Å². The van der Waals surface area contributed by atoms with Gasteiger partial charge >= 0.3 is 11.7 Å². The second-order valence-corrected chi connectivity index (χ2v) is 9.78. The highest BCUT2D eigenvalue weighted by Crippen LogP contribution is 2.37. The molecule has 5 rings (SSSR count). The van der Waals surface area contributed by atoms with Crippen LogP contribution in [-0.2, 0) is 30.2 Å². The molecule has 186 valence electrons. The van der Waals surface area contributed by atoms with Crippen molar-refractivity contribution in [3.63, 3.8) is 0 Å². The van der Waals surface area contributed by atoms with Gasteiger partial charge in [-0.15, -0.1) is 0 Å². The van der Waals surface area contributed by atoms with Gasteiger partial charge in [0.1, 0.15) is 11.6 Å². The van der Waals surface area contributed by atoms with Gasteiger partial charge in [-0.3, -0.25) is 18.8 Å². The zero-order chi connectivity index (χ0) is 24.7. The molecule has 4 heterocycles. The maximum Gasteiger partial charge on any atom is 0.339 e. The van der Waals surface area contributed by atoms with Gasteiger partial charge in [0.15, 0.2) is 6.10 Å². The number of carbonyl (C=O) groups excluding carboxylic acids is 1. The van der Waals surface area contributed by atoms with E-state index in [0.717, 1.165) is 32.2 Å². The molecule has 3 unspecified atom stereocenters. The fourth-order valence-corrected chi connectivity index (χ4v) is 5.84. The molecule has 0 amide bonds. The molecule has 0 saturated carbocycles. The van der Waals surface area contributed by atoms with E-state index in [4.69, 9.17) is 4.74 Å². The summed E-state index contributed by atoms with van der Waals surface area (Å²) >= 11 is 0. The number of aryl methyl sites for hydroxylation is 2. The lowest BCUT2D eigenvalue weighted by Crippen LogP contribution is -2.47. The lowest BCUT2D eigenvalue weighted by Gasteiger charge is -2.38. The molecule has 0 radical (unpaired) electrons. The molecule has 2 fully saturated rings. The molecular weight excluding hydrogens is 448 g/mol. The van der Waals surface area contributed by atoms with E-state index in [1.165, 1.54) is 9.13 Å². The summed E-state index contributed by atoms with van der Waals surface area (Å²) < 4.78 is 10.3. The summed E-state index contributed by atoms with van der Waals surface area (Å²) in [6, 6.07) is 11.2. The quantitative estimate of drug-likeness (QED) is 0.517. The van der Waals surface area contributed by atoms with Gasteiger partial charge in [-0.2, -0.15) is 0 Å².